The van der Waals surface area contributed by atoms with Gasteiger partial charge in [-0.25, -0.2) is 4.98 Å². The normalized spacial score (nSPS) is 13.3. The van der Waals surface area contributed by atoms with Gasteiger partial charge in [-0.05, 0) is 35.3 Å². The zero-order chi connectivity index (χ0) is 18.1. The lowest BCUT2D eigenvalue weighted by molar-refractivity contribution is 0.392. The minimum absolute atomic E-state index is 0.490. The van der Waals surface area contributed by atoms with Crippen molar-refractivity contribution in [2.45, 2.75) is 20.3 Å². The van der Waals surface area contributed by atoms with Crippen LogP contribution < -0.4 is 10.1 Å². The molecule has 0 atom stereocenters. The fraction of sp³-hybridized carbons (Fsp3) is 0.286. The molecule has 5 heteroatoms. The van der Waals surface area contributed by atoms with Crippen LogP contribution in [0.1, 0.15) is 30.8 Å². The molecule has 0 unspecified atom stereocenters. The molecule has 1 N–H and O–H groups in total. The number of nitrogens with one attached hydrogen (secondary N) is 1. The summed E-state index contributed by atoms with van der Waals surface area (Å²) in [5.74, 6) is 2.77. The van der Waals surface area contributed by atoms with Crippen LogP contribution >= 0.6 is 0 Å². The number of benzene rings is 1. The molecule has 0 radical (unpaired) electrons. The number of ether oxygens (including phenoxy) is 1. The summed E-state index contributed by atoms with van der Waals surface area (Å²) in [6.07, 6.45) is 4.80. The number of anilines is 1. The molecule has 0 aliphatic carbocycles. The van der Waals surface area contributed by atoms with Gasteiger partial charge >= 0.3 is 0 Å². The van der Waals surface area contributed by atoms with Crippen LogP contribution in [0.15, 0.2) is 42.6 Å². The quantitative estimate of drug-likeness (QED) is 0.771. The predicted octanol–water partition coefficient (Wildman–Crippen LogP) is 4.09. The molecule has 0 saturated carbocycles. The van der Waals surface area contributed by atoms with E-state index in [9.17, 15) is 0 Å². The van der Waals surface area contributed by atoms with Gasteiger partial charge in [-0.2, -0.15) is 4.98 Å². The van der Waals surface area contributed by atoms with Crippen LogP contribution in [0.4, 0.5) is 5.82 Å². The topological polar surface area (TPSA) is 59.9 Å². The first-order chi connectivity index (χ1) is 12.7. The van der Waals surface area contributed by atoms with Gasteiger partial charge < -0.3 is 10.1 Å². The third kappa shape index (κ3) is 3.01. The Kier molecular flexibility index (Phi) is 4.29. The second-order valence-electron chi connectivity index (χ2n) is 6.88. The number of nitrogens with zero attached hydrogens (tertiary/aromatic N) is 3. The molecule has 1 aromatic carbocycles. The van der Waals surface area contributed by atoms with E-state index in [4.69, 9.17) is 9.72 Å². The maximum absolute atomic E-state index is 5.63. The van der Waals surface area contributed by atoms with Gasteiger partial charge in [0.15, 0.2) is 0 Å². The minimum atomic E-state index is 0.490. The fourth-order valence-electron chi connectivity index (χ4n) is 3.32. The zero-order valence-corrected chi connectivity index (χ0v) is 15.3. The highest BCUT2D eigenvalue weighted by Gasteiger charge is 2.23. The van der Waals surface area contributed by atoms with E-state index < -0.39 is 0 Å². The molecule has 5 nitrogen and oxygen atoms in total. The Labute approximate surface area is 153 Å². The molecule has 3 aromatic rings. The molecular weight excluding hydrogens is 324 g/mol. The number of fused-ring (bicyclic) bond motifs is 2. The van der Waals surface area contributed by atoms with E-state index in [1.54, 1.807) is 7.11 Å². The van der Waals surface area contributed by atoms with E-state index in [2.05, 4.69) is 53.4 Å². The number of pyridine rings is 1. The van der Waals surface area contributed by atoms with Crippen molar-refractivity contribution in [3.63, 3.8) is 0 Å². The second kappa shape index (κ2) is 6.75. The van der Waals surface area contributed by atoms with Gasteiger partial charge in [0.05, 0.1) is 18.2 Å². The number of methoxy groups -OCH3 is 1. The van der Waals surface area contributed by atoms with Crippen molar-refractivity contribution in [2.24, 2.45) is 5.92 Å². The molecule has 0 fully saturated rings. The molecule has 0 saturated heterocycles. The van der Waals surface area contributed by atoms with Gasteiger partial charge in [0.1, 0.15) is 11.6 Å². The van der Waals surface area contributed by atoms with Gasteiger partial charge in [-0.15, -0.1) is 0 Å². The molecule has 26 heavy (non-hydrogen) atoms. The maximum Gasteiger partial charge on any atom is 0.226 e. The Balaban J connectivity index is 1.83. The van der Waals surface area contributed by atoms with Gasteiger partial charge in [0.25, 0.3) is 0 Å². The molecule has 0 spiro atoms. The van der Waals surface area contributed by atoms with Crippen LogP contribution in [0.25, 0.3) is 16.5 Å². The van der Waals surface area contributed by atoms with Gasteiger partial charge in [-0.3, -0.25) is 4.98 Å². The molecule has 1 aliphatic rings. The van der Waals surface area contributed by atoms with Crippen LogP contribution in [-0.4, -0.2) is 28.6 Å². The molecular formula is C21H22N4O. The van der Waals surface area contributed by atoms with Crippen molar-refractivity contribution >= 4 is 22.3 Å². The molecule has 0 amide bonds. The summed E-state index contributed by atoms with van der Waals surface area (Å²) in [6, 6.07) is 10.3. The molecule has 3 heterocycles. The lowest BCUT2D eigenvalue weighted by Crippen LogP contribution is -2.15. The number of hydrogen-bond donors (Lipinski definition) is 1. The van der Waals surface area contributed by atoms with Crippen LogP contribution in [-0.2, 0) is 6.42 Å². The van der Waals surface area contributed by atoms with Crippen molar-refractivity contribution in [1.82, 2.24) is 15.0 Å². The molecule has 2 aromatic heterocycles. The van der Waals surface area contributed by atoms with Gasteiger partial charge in [-0.1, -0.05) is 32.1 Å². The molecule has 132 valence electrons. The van der Waals surface area contributed by atoms with Crippen molar-refractivity contribution in [2.75, 3.05) is 19.0 Å². The molecule has 4 rings (SSSR count). The van der Waals surface area contributed by atoms with Crippen LogP contribution in [0.2, 0.25) is 0 Å². The predicted molar refractivity (Wildman–Crippen MR) is 104 cm³/mol. The summed E-state index contributed by atoms with van der Waals surface area (Å²) in [5.41, 5.74) is 4.13. The van der Waals surface area contributed by atoms with E-state index >= 15 is 0 Å². The number of hydrogen-bond acceptors (Lipinski definition) is 5. The Morgan fingerprint density at radius 3 is 2.88 bits per heavy atom. The summed E-state index contributed by atoms with van der Waals surface area (Å²) >= 11 is 0. The zero-order valence-electron chi connectivity index (χ0n) is 15.3. The largest absolute Gasteiger partial charge is 0.480 e. The first kappa shape index (κ1) is 16.5. The van der Waals surface area contributed by atoms with E-state index in [0.29, 0.717) is 11.8 Å². The summed E-state index contributed by atoms with van der Waals surface area (Å²) in [5, 5.41) is 4.48. The van der Waals surface area contributed by atoms with E-state index in [0.717, 1.165) is 52.2 Å². The highest BCUT2D eigenvalue weighted by Crippen LogP contribution is 2.37. The first-order valence-electron chi connectivity index (χ1n) is 8.90. The summed E-state index contributed by atoms with van der Waals surface area (Å²) in [7, 11) is 1.66. The SMILES string of the molecule is COc1nc(CC(C)C)nc2c1C(c1ccc3ncccc3c1)=CCN2. The van der Waals surface area contributed by atoms with Crippen molar-refractivity contribution < 1.29 is 4.74 Å². The monoisotopic (exact) mass is 346 g/mol. The third-order valence-corrected chi connectivity index (χ3v) is 4.47. The maximum atomic E-state index is 5.63. The lowest BCUT2D eigenvalue weighted by Gasteiger charge is -2.22. The Morgan fingerprint density at radius 1 is 1.19 bits per heavy atom. The van der Waals surface area contributed by atoms with Gasteiger partial charge in [0, 0.05) is 24.5 Å². The average molecular weight is 346 g/mol. The summed E-state index contributed by atoms with van der Waals surface area (Å²) < 4.78 is 5.63. The van der Waals surface area contributed by atoms with Crippen molar-refractivity contribution in [3.8, 4) is 5.88 Å². The van der Waals surface area contributed by atoms with Crippen molar-refractivity contribution in [1.29, 1.82) is 0 Å². The second-order valence-corrected chi connectivity index (χ2v) is 6.88. The Bertz CT molecular complexity index is 994. The highest BCUT2D eigenvalue weighted by molar-refractivity contribution is 5.92. The lowest BCUT2D eigenvalue weighted by atomic mass is 9.95. The average Bonchev–Trinajstić information content (AvgIpc) is 2.66. The van der Waals surface area contributed by atoms with Crippen molar-refractivity contribution in [3.05, 3.63) is 59.6 Å². The first-order valence-corrected chi connectivity index (χ1v) is 8.90. The number of rotatable bonds is 4. The summed E-state index contributed by atoms with van der Waals surface area (Å²) in [4.78, 5) is 13.8. The number of aromatic nitrogens is 3. The van der Waals surface area contributed by atoms with Gasteiger partial charge in [0.2, 0.25) is 5.88 Å². The third-order valence-electron chi connectivity index (χ3n) is 4.47. The summed E-state index contributed by atoms with van der Waals surface area (Å²) in [6.45, 7) is 5.06. The standard InChI is InChI=1S/C21H22N4O/c1-13(2)11-18-24-20-19(21(25-18)26-3)16(8-10-23-20)14-6-7-17-15(12-14)5-4-9-22-17/h4-9,12-13H,10-11H2,1-3H3,(H,23,24,25). The minimum Gasteiger partial charge on any atom is -0.480 e. The van der Waals surface area contributed by atoms with E-state index in [-0.39, 0.29) is 0 Å². The van der Waals surface area contributed by atoms with Crippen LogP contribution in [0.5, 0.6) is 5.88 Å². The van der Waals surface area contributed by atoms with Crippen LogP contribution in [0.3, 0.4) is 0 Å². The molecule has 1 aliphatic heterocycles. The van der Waals surface area contributed by atoms with E-state index in [1.807, 2.05) is 18.3 Å². The van der Waals surface area contributed by atoms with Crippen LogP contribution in [0, 0.1) is 5.92 Å². The smallest absolute Gasteiger partial charge is 0.226 e. The Morgan fingerprint density at radius 2 is 2.08 bits per heavy atom. The van der Waals surface area contributed by atoms with E-state index in [1.165, 1.54) is 0 Å². The highest BCUT2D eigenvalue weighted by atomic mass is 16.5. The Hall–Kier alpha value is -2.95. The molecule has 0 bridgehead atoms. The fourth-order valence-corrected chi connectivity index (χ4v) is 3.32.